The highest BCUT2D eigenvalue weighted by molar-refractivity contribution is 5.33. The number of benzene rings is 1. The summed E-state index contributed by atoms with van der Waals surface area (Å²) in [6.45, 7) is 5.43. The van der Waals surface area contributed by atoms with Crippen molar-refractivity contribution in [2.45, 2.75) is 32.7 Å². The van der Waals surface area contributed by atoms with Crippen molar-refractivity contribution in [2.75, 3.05) is 6.54 Å². The first-order valence-corrected chi connectivity index (χ1v) is 6.62. The molecule has 0 aliphatic rings. The fourth-order valence-electron chi connectivity index (χ4n) is 2.07. The van der Waals surface area contributed by atoms with Gasteiger partial charge in [0, 0.05) is 18.4 Å². The second-order valence-corrected chi connectivity index (χ2v) is 4.61. The number of rotatable bonds is 6. The Morgan fingerprint density at radius 3 is 2.67 bits per heavy atom. The van der Waals surface area contributed by atoms with Crippen LogP contribution in [0.2, 0.25) is 0 Å². The lowest BCUT2D eigenvalue weighted by Gasteiger charge is -2.12. The van der Waals surface area contributed by atoms with Crippen LogP contribution in [-0.4, -0.2) is 22.4 Å². The van der Waals surface area contributed by atoms with Crippen LogP contribution in [0.15, 0.2) is 42.7 Å². The highest BCUT2D eigenvalue weighted by Gasteiger charge is 2.01. The van der Waals surface area contributed by atoms with Gasteiger partial charge < -0.3 is 5.32 Å². The van der Waals surface area contributed by atoms with Crippen molar-refractivity contribution in [1.29, 1.82) is 0 Å². The Labute approximate surface area is 109 Å². The molecule has 0 saturated heterocycles. The number of nitrogens with zero attached hydrogens (tertiary/aromatic N) is 2. The molecule has 1 aromatic carbocycles. The van der Waals surface area contributed by atoms with E-state index in [-0.39, 0.29) is 0 Å². The highest BCUT2D eigenvalue weighted by Crippen LogP contribution is 2.11. The van der Waals surface area contributed by atoms with Crippen LogP contribution in [0.25, 0.3) is 5.69 Å². The van der Waals surface area contributed by atoms with Gasteiger partial charge in [-0.2, -0.15) is 5.10 Å². The summed E-state index contributed by atoms with van der Waals surface area (Å²) < 4.78 is 1.88. The van der Waals surface area contributed by atoms with E-state index in [1.165, 1.54) is 12.0 Å². The number of hydrogen-bond acceptors (Lipinski definition) is 2. The van der Waals surface area contributed by atoms with Crippen LogP contribution in [-0.2, 0) is 6.42 Å². The number of hydrogen-bond donors (Lipinski definition) is 1. The van der Waals surface area contributed by atoms with E-state index in [1.807, 2.05) is 16.9 Å². The lowest BCUT2D eigenvalue weighted by molar-refractivity contribution is 0.530. The molecule has 1 heterocycles. The molecule has 1 aromatic heterocycles. The van der Waals surface area contributed by atoms with Crippen molar-refractivity contribution in [2.24, 2.45) is 0 Å². The van der Waals surface area contributed by atoms with E-state index in [1.54, 1.807) is 6.20 Å². The molecule has 1 unspecified atom stereocenters. The largest absolute Gasteiger partial charge is 0.315 e. The maximum Gasteiger partial charge on any atom is 0.0645 e. The average molecular weight is 243 g/mol. The van der Waals surface area contributed by atoms with Gasteiger partial charge >= 0.3 is 0 Å². The zero-order valence-corrected chi connectivity index (χ0v) is 11.1. The van der Waals surface area contributed by atoms with Crippen molar-refractivity contribution in [3.63, 3.8) is 0 Å². The smallest absolute Gasteiger partial charge is 0.0645 e. The number of nitrogens with one attached hydrogen (secondary N) is 1. The number of aryl methyl sites for hydroxylation is 1. The minimum Gasteiger partial charge on any atom is -0.315 e. The van der Waals surface area contributed by atoms with Gasteiger partial charge in [0.25, 0.3) is 0 Å². The second-order valence-electron chi connectivity index (χ2n) is 4.61. The fourth-order valence-corrected chi connectivity index (χ4v) is 2.07. The van der Waals surface area contributed by atoms with Crippen LogP contribution >= 0.6 is 0 Å². The van der Waals surface area contributed by atoms with E-state index in [0.29, 0.717) is 6.04 Å². The van der Waals surface area contributed by atoms with Gasteiger partial charge in [0.15, 0.2) is 0 Å². The maximum atomic E-state index is 4.22. The first-order valence-electron chi connectivity index (χ1n) is 6.62. The molecule has 96 valence electrons. The van der Waals surface area contributed by atoms with Crippen LogP contribution in [0.4, 0.5) is 0 Å². The molecule has 2 aromatic rings. The molecule has 18 heavy (non-hydrogen) atoms. The molecule has 0 fully saturated rings. The van der Waals surface area contributed by atoms with Gasteiger partial charge in [0.2, 0.25) is 0 Å². The summed E-state index contributed by atoms with van der Waals surface area (Å²) in [6, 6.07) is 11.2. The Morgan fingerprint density at radius 2 is 2.06 bits per heavy atom. The van der Waals surface area contributed by atoms with Crippen molar-refractivity contribution in [1.82, 2.24) is 15.1 Å². The van der Waals surface area contributed by atoms with E-state index in [4.69, 9.17) is 0 Å². The van der Waals surface area contributed by atoms with Crippen molar-refractivity contribution >= 4 is 0 Å². The van der Waals surface area contributed by atoms with Crippen LogP contribution < -0.4 is 5.32 Å². The summed E-state index contributed by atoms with van der Waals surface area (Å²) in [6.07, 6.45) is 6.05. The third-order valence-corrected chi connectivity index (χ3v) is 3.12. The van der Waals surface area contributed by atoms with Crippen LogP contribution in [0.5, 0.6) is 0 Å². The Balaban J connectivity index is 1.92. The minimum atomic E-state index is 0.584. The zero-order valence-electron chi connectivity index (χ0n) is 11.1. The summed E-state index contributed by atoms with van der Waals surface area (Å²) in [5.74, 6) is 0. The van der Waals surface area contributed by atoms with Gasteiger partial charge in [-0.05, 0) is 50.1 Å². The summed E-state index contributed by atoms with van der Waals surface area (Å²) in [4.78, 5) is 0. The van der Waals surface area contributed by atoms with E-state index in [0.717, 1.165) is 18.7 Å². The molecule has 0 radical (unpaired) electrons. The molecular formula is C15H21N3. The van der Waals surface area contributed by atoms with Crippen molar-refractivity contribution < 1.29 is 0 Å². The molecule has 0 spiro atoms. The maximum absolute atomic E-state index is 4.22. The average Bonchev–Trinajstić information content (AvgIpc) is 2.91. The molecule has 0 bridgehead atoms. The molecule has 2 rings (SSSR count). The van der Waals surface area contributed by atoms with E-state index in [2.05, 4.69) is 48.5 Å². The summed E-state index contributed by atoms with van der Waals surface area (Å²) >= 11 is 0. The van der Waals surface area contributed by atoms with E-state index < -0.39 is 0 Å². The van der Waals surface area contributed by atoms with Crippen molar-refractivity contribution in [3.8, 4) is 5.69 Å². The van der Waals surface area contributed by atoms with Gasteiger partial charge in [-0.1, -0.05) is 19.1 Å². The van der Waals surface area contributed by atoms with E-state index in [9.17, 15) is 0 Å². The lowest BCUT2D eigenvalue weighted by atomic mass is 10.1. The summed E-state index contributed by atoms with van der Waals surface area (Å²) in [7, 11) is 0. The SMILES string of the molecule is CCNC(C)CCc1ccc(-n2cccn2)cc1. The van der Waals surface area contributed by atoms with Gasteiger partial charge in [0.1, 0.15) is 0 Å². The molecule has 3 nitrogen and oxygen atoms in total. The molecular weight excluding hydrogens is 222 g/mol. The minimum absolute atomic E-state index is 0.584. The number of aromatic nitrogens is 2. The van der Waals surface area contributed by atoms with Gasteiger partial charge in [0.05, 0.1) is 5.69 Å². The quantitative estimate of drug-likeness (QED) is 0.845. The first-order chi connectivity index (χ1) is 8.79. The molecule has 0 saturated carbocycles. The fraction of sp³-hybridized carbons (Fsp3) is 0.400. The summed E-state index contributed by atoms with van der Waals surface area (Å²) in [5.41, 5.74) is 2.50. The molecule has 0 amide bonds. The Hall–Kier alpha value is -1.61. The van der Waals surface area contributed by atoms with Gasteiger partial charge in [-0.3, -0.25) is 0 Å². The normalized spacial score (nSPS) is 12.6. The molecule has 3 heteroatoms. The van der Waals surface area contributed by atoms with Crippen molar-refractivity contribution in [3.05, 3.63) is 48.3 Å². The Bertz CT molecular complexity index is 445. The third-order valence-electron chi connectivity index (χ3n) is 3.12. The second kappa shape index (κ2) is 6.36. The summed E-state index contributed by atoms with van der Waals surface area (Å²) in [5, 5.41) is 7.66. The topological polar surface area (TPSA) is 29.9 Å². The predicted molar refractivity (Wildman–Crippen MR) is 75.0 cm³/mol. The molecule has 1 atom stereocenters. The lowest BCUT2D eigenvalue weighted by Crippen LogP contribution is -2.25. The van der Waals surface area contributed by atoms with Crippen LogP contribution in [0.3, 0.4) is 0 Å². The predicted octanol–water partition coefficient (Wildman–Crippen LogP) is 2.80. The molecule has 0 aliphatic heterocycles. The first kappa shape index (κ1) is 12.8. The van der Waals surface area contributed by atoms with Crippen LogP contribution in [0.1, 0.15) is 25.8 Å². The van der Waals surface area contributed by atoms with E-state index >= 15 is 0 Å². The highest BCUT2D eigenvalue weighted by atomic mass is 15.3. The third kappa shape index (κ3) is 3.44. The van der Waals surface area contributed by atoms with Crippen LogP contribution in [0, 0.1) is 0 Å². The Kier molecular flexibility index (Phi) is 4.53. The van der Waals surface area contributed by atoms with Gasteiger partial charge in [-0.25, -0.2) is 4.68 Å². The molecule has 0 aliphatic carbocycles. The Morgan fingerprint density at radius 1 is 1.28 bits per heavy atom. The molecule has 1 N–H and O–H groups in total. The van der Waals surface area contributed by atoms with Gasteiger partial charge in [-0.15, -0.1) is 0 Å². The standard InChI is InChI=1S/C15H21N3/c1-3-16-13(2)5-6-14-7-9-15(10-8-14)18-12-4-11-17-18/h4,7-13,16H,3,5-6H2,1-2H3. The zero-order chi connectivity index (χ0) is 12.8. The monoisotopic (exact) mass is 243 g/mol.